The highest BCUT2D eigenvalue weighted by Crippen LogP contribution is 2.10. The second-order valence-corrected chi connectivity index (χ2v) is 3.94. The maximum absolute atomic E-state index is 5.01. The monoisotopic (exact) mass is 244 g/mol. The first-order valence-electron chi connectivity index (χ1n) is 5.78. The zero-order valence-corrected chi connectivity index (χ0v) is 10.5. The van der Waals surface area contributed by atoms with E-state index in [0.717, 1.165) is 17.8 Å². The lowest BCUT2D eigenvalue weighted by molar-refractivity contribution is 0.397. The van der Waals surface area contributed by atoms with Crippen LogP contribution in [0.25, 0.3) is 0 Å². The lowest BCUT2D eigenvalue weighted by Gasteiger charge is -2.12. The Kier molecular flexibility index (Phi) is 4.20. The molecule has 2 heterocycles. The molecule has 0 aliphatic rings. The van der Waals surface area contributed by atoms with Crippen LogP contribution in [0, 0.1) is 0 Å². The van der Waals surface area contributed by atoms with E-state index >= 15 is 0 Å². The molecule has 1 atom stereocenters. The molecule has 0 saturated carbocycles. The summed E-state index contributed by atoms with van der Waals surface area (Å²) in [6.45, 7) is 2.79. The van der Waals surface area contributed by atoms with Gasteiger partial charge in [0.25, 0.3) is 0 Å². The second-order valence-electron chi connectivity index (χ2n) is 3.94. The summed E-state index contributed by atoms with van der Waals surface area (Å²) in [6.07, 6.45) is 6.94. The third-order valence-corrected chi connectivity index (χ3v) is 2.65. The van der Waals surface area contributed by atoms with Gasteiger partial charge in [-0.3, -0.25) is 9.97 Å². The zero-order chi connectivity index (χ0) is 12.8. The van der Waals surface area contributed by atoms with E-state index in [1.807, 2.05) is 12.1 Å². The minimum Gasteiger partial charge on any atom is -0.481 e. The molecule has 0 radical (unpaired) electrons. The minimum absolute atomic E-state index is 0.154. The Morgan fingerprint density at radius 2 is 2.11 bits per heavy atom. The van der Waals surface area contributed by atoms with Crippen LogP contribution in [0.5, 0.6) is 5.88 Å². The van der Waals surface area contributed by atoms with Gasteiger partial charge in [0.2, 0.25) is 5.88 Å². The molecule has 0 saturated heterocycles. The molecule has 2 aromatic heterocycles. The van der Waals surface area contributed by atoms with Crippen LogP contribution in [0.15, 0.2) is 36.9 Å². The first-order valence-corrected chi connectivity index (χ1v) is 5.78. The first kappa shape index (κ1) is 12.4. The van der Waals surface area contributed by atoms with E-state index in [2.05, 4.69) is 27.2 Å². The van der Waals surface area contributed by atoms with Crippen molar-refractivity contribution in [3.8, 4) is 5.88 Å². The van der Waals surface area contributed by atoms with Gasteiger partial charge < -0.3 is 10.1 Å². The van der Waals surface area contributed by atoms with Crippen molar-refractivity contribution in [2.75, 3.05) is 7.11 Å². The van der Waals surface area contributed by atoms with E-state index in [1.165, 1.54) is 0 Å². The van der Waals surface area contributed by atoms with Gasteiger partial charge in [-0.25, -0.2) is 4.98 Å². The number of nitrogens with one attached hydrogen (secondary N) is 1. The van der Waals surface area contributed by atoms with Gasteiger partial charge in [0, 0.05) is 43.4 Å². The molecule has 0 aliphatic heterocycles. The molecule has 2 rings (SSSR count). The summed E-state index contributed by atoms with van der Waals surface area (Å²) in [6, 6.07) is 3.99. The number of nitrogens with zero attached hydrogens (tertiary/aromatic N) is 3. The Morgan fingerprint density at radius 1 is 1.22 bits per heavy atom. The largest absolute Gasteiger partial charge is 0.481 e. The van der Waals surface area contributed by atoms with E-state index in [4.69, 9.17) is 4.74 Å². The predicted molar refractivity (Wildman–Crippen MR) is 68.1 cm³/mol. The van der Waals surface area contributed by atoms with Gasteiger partial charge in [0.15, 0.2) is 0 Å². The molecule has 1 unspecified atom stereocenters. The molecule has 0 fully saturated rings. The fourth-order valence-electron chi connectivity index (χ4n) is 1.55. The third kappa shape index (κ3) is 3.24. The van der Waals surface area contributed by atoms with Crippen molar-refractivity contribution in [2.45, 2.75) is 19.5 Å². The van der Waals surface area contributed by atoms with Crippen LogP contribution in [0.1, 0.15) is 24.2 Å². The van der Waals surface area contributed by atoms with E-state index in [9.17, 15) is 0 Å². The normalized spacial score (nSPS) is 12.1. The van der Waals surface area contributed by atoms with Crippen molar-refractivity contribution in [1.29, 1.82) is 0 Å². The molecule has 5 heteroatoms. The molecule has 5 nitrogen and oxygen atoms in total. The first-order chi connectivity index (χ1) is 8.79. The number of pyridine rings is 1. The maximum atomic E-state index is 5.01. The second kappa shape index (κ2) is 6.07. The van der Waals surface area contributed by atoms with Crippen LogP contribution in [-0.2, 0) is 6.54 Å². The lowest BCUT2D eigenvalue weighted by atomic mass is 10.2. The van der Waals surface area contributed by atoms with E-state index in [0.29, 0.717) is 5.88 Å². The lowest BCUT2D eigenvalue weighted by Crippen LogP contribution is -2.19. The highest BCUT2D eigenvalue weighted by atomic mass is 16.5. The molecular formula is C13H16N4O. The van der Waals surface area contributed by atoms with Gasteiger partial charge in [0.1, 0.15) is 0 Å². The number of ether oxygens (including phenoxy) is 1. The molecule has 94 valence electrons. The van der Waals surface area contributed by atoms with Crippen molar-refractivity contribution in [3.05, 3.63) is 48.2 Å². The Balaban J connectivity index is 1.91. The zero-order valence-electron chi connectivity index (χ0n) is 10.5. The van der Waals surface area contributed by atoms with Crippen LogP contribution < -0.4 is 10.1 Å². The molecule has 0 spiro atoms. The molecule has 0 amide bonds. The maximum Gasteiger partial charge on any atom is 0.212 e. The third-order valence-electron chi connectivity index (χ3n) is 2.65. The molecule has 0 aliphatic carbocycles. The number of methoxy groups -OCH3 is 1. The van der Waals surface area contributed by atoms with Crippen LogP contribution >= 0.6 is 0 Å². The Labute approximate surface area is 106 Å². The average Bonchev–Trinajstić information content (AvgIpc) is 2.46. The van der Waals surface area contributed by atoms with Crippen molar-refractivity contribution < 1.29 is 4.74 Å². The Hall–Kier alpha value is -2.01. The summed E-state index contributed by atoms with van der Waals surface area (Å²) in [5.74, 6) is 0.626. The van der Waals surface area contributed by atoms with Crippen LogP contribution in [0.2, 0.25) is 0 Å². The quantitative estimate of drug-likeness (QED) is 0.868. The molecule has 0 aromatic carbocycles. The highest BCUT2D eigenvalue weighted by molar-refractivity contribution is 5.17. The number of hydrogen-bond acceptors (Lipinski definition) is 5. The fraction of sp³-hybridized carbons (Fsp3) is 0.308. The molecular weight excluding hydrogens is 228 g/mol. The number of rotatable bonds is 5. The number of hydrogen-bond donors (Lipinski definition) is 1. The summed E-state index contributed by atoms with van der Waals surface area (Å²) in [5.41, 5.74) is 2.03. The van der Waals surface area contributed by atoms with Gasteiger partial charge in [-0.15, -0.1) is 0 Å². The van der Waals surface area contributed by atoms with E-state index in [-0.39, 0.29) is 6.04 Å². The van der Waals surface area contributed by atoms with Crippen LogP contribution in [-0.4, -0.2) is 22.1 Å². The predicted octanol–water partition coefficient (Wildman–Crippen LogP) is 1.73. The highest BCUT2D eigenvalue weighted by Gasteiger charge is 2.06. The van der Waals surface area contributed by atoms with Crippen LogP contribution in [0.4, 0.5) is 0 Å². The van der Waals surface area contributed by atoms with Crippen molar-refractivity contribution >= 4 is 0 Å². The molecule has 1 N–H and O–H groups in total. The van der Waals surface area contributed by atoms with Crippen molar-refractivity contribution in [1.82, 2.24) is 20.3 Å². The van der Waals surface area contributed by atoms with Gasteiger partial charge in [-0.1, -0.05) is 6.07 Å². The standard InChI is InChI=1S/C13H16N4O/c1-10(12-9-14-5-6-15-12)16-7-11-3-4-13(18-2)17-8-11/h3-6,8-10,16H,7H2,1-2H3. The number of aromatic nitrogens is 3. The van der Waals surface area contributed by atoms with Gasteiger partial charge >= 0.3 is 0 Å². The van der Waals surface area contributed by atoms with Crippen molar-refractivity contribution in [3.63, 3.8) is 0 Å². The van der Waals surface area contributed by atoms with E-state index < -0.39 is 0 Å². The molecule has 0 bridgehead atoms. The average molecular weight is 244 g/mol. The van der Waals surface area contributed by atoms with Gasteiger partial charge in [-0.2, -0.15) is 0 Å². The van der Waals surface area contributed by atoms with E-state index in [1.54, 1.807) is 31.9 Å². The summed E-state index contributed by atoms with van der Waals surface area (Å²) >= 11 is 0. The fourth-order valence-corrected chi connectivity index (χ4v) is 1.55. The summed E-state index contributed by atoms with van der Waals surface area (Å²) < 4.78 is 5.01. The Bertz CT molecular complexity index is 472. The molecule has 2 aromatic rings. The Morgan fingerprint density at radius 3 is 2.72 bits per heavy atom. The van der Waals surface area contributed by atoms with Gasteiger partial charge in [-0.05, 0) is 12.5 Å². The summed E-state index contributed by atoms with van der Waals surface area (Å²) in [5, 5.41) is 3.37. The SMILES string of the molecule is COc1ccc(CNC(C)c2cnccn2)cn1. The minimum atomic E-state index is 0.154. The van der Waals surface area contributed by atoms with Gasteiger partial charge in [0.05, 0.1) is 12.8 Å². The van der Waals surface area contributed by atoms with Crippen LogP contribution in [0.3, 0.4) is 0 Å². The smallest absolute Gasteiger partial charge is 0.212 e. The summed E-state index contributed by atoms with van der Waals surface area (Å²) in [7, 11) is 1.61. The summed E-state index contributed by atoms with van der Waals surface area (Å²) in [4.78, 5) is 12.5. The van der Waals surface area contributed by atoms with Crippen molar-refractivity contribution in [2.24, 2.45) is 0 Å². The molecule has 18 heavy (non-hydrogen) atoms. The topological polar surface area (TPSA) is 59.9 Å².